The average Bonchev–Trinajstić information content (AvgIpc) is 2.03. The SMILES string of the molecule is CCCC(C=C(C)CC)CC. The van der Waals surface area contributed by atoms with E-state index in [0.717, 1.165) is 5.92 Å². The standard InChI is InChI=1S/C11H22/c1-5-8-11(7-3)9-10(4)6-2/h9,11H,5-8H2,1-4H3. The van der Waals surface area contributed by atoms with Crippen molar-refractivity contribution in [2.75, 3.05) is 0 Å². The highest BCUT2D eigenvalue weighted by Crippen LogP contribution is 2.15. The molecule has 0 aliphatic heterocycles. The monoisotopic (exact) mass is 154 g/mol. The molecule has 0 saturated heterocycles. The van der Waals surface area contributed by atoms with Gasteiger partial charge in [-0.1, -0.05) is 38.8 Å². The van der Waals surface area contributed by atoms with E-state index in [1.807, 2.05) is 0 Å². The van der Waals surface area contributed by atoms with Crippen molar-refractivity contribution < 1.29 is 0 Å². The van der Waals surface area contributed by atoms with Crippen LogP contribution >= 0.6 is 0 Å². The molecule has 0 nitrogen and oxygen atoms in total. The first-order valence-electron chi connectivity index (χ1n) is 4.91. The summed E-state index contributed by atoms with van der Waals surface area (Å²) in [7, 11) is 0. The third-order valence-electron chi connectivity index (χ3n) is 2.26. The van der Waals surface area contributed by atoms with Gasteiger partial charge in [0.05, 0.1) is 0 Å². The molecule has 0 saturated carbocycles. The van der Waals surface area contributed by atoms with Crippen molar-refractivity contribution in [2.45, 2.75) is 53.4 Å². The fraction of sp³-hybridized carbons (Fsp3) is 0.818. The summed E-state index contributed by atoms with van der Waals surface area (Å²) in [5.41, 5.74) is 1.55. The van der Waals surface area contributed by atoms with Gasteiger partial charge in [0.25, 0.3) is 0 Å². The van der Waals surface area contributed by atoms with Gasteiger partial charge in [0.1, 0.15) is 0 Å². The molecule has 1 unspecified atom stereocenters. The van der Waals surface area contributed by atoms with Crippen molar-refractivity contribution in [2.24, 2.45) is 5.92 Å². The summed E-state index contributed by atoms with van der Waals surface area (Å²) in [5, 5.41) is 0. The zero-order valence-electron chi connectivity index (χ0n) is 8.48. The van der Waals surface area contributed by atoms with Crippen LogP contribution in [-0.2, 0) is 0 Å². The molecule has 0 aliphatic carbocycles. The maximum Gasteiger partial charge on any atom is -0.0234 e. The van der Waals surface area contributed by atoms with E-state index in [9.17, 15) is 0 Å². The minimum absolute atomic E-state index is 0.833. The van der Waals surface area contributed by atoms with Crippen LogP contribution in [0.15, 0.2) is 11.6 Å². The normalized spacial score (nSPS) is 15.1. The Morgan fingerprint density at radius 3 is 2.27 bits per heavy atom. The lowest BCUT2D eigenvalue weighted by Crippen LogP contribution is -1.94. The summed E-state index contributed by atoms with van der Waals surface area (Å²) in [5.74, 6) is 0.833. The highest BCUT2D eigenvalue weighted by Gasteiger charge is 2.00. The summed E-state index contributed by atoms with van der Waals surface area (Å²) < 4.78 is 0. The van der Waals surface area contributed by atoms with Gasteiger partial charge in [-0.2, -0.15) is 0 Å². The molecular weight excluding hydrogens is 132 g/mol. The van der Waals surface area contributed by atoms with Gasteiger partial charge >= 0.3 is 0 Å². The molecule has 0 fully saturated rings. The van der Waals surface area contributed by atoms with E-state index in [4.69, 9.17) is 0 Å². The van der Waals surface area contributed by atoms with Crippen LogP contribution < -0.4 is 0 Å². The Morgan fingerprint density at radius 1 is 1.27 bits per heavy atom. The molecule has 0 amide bonds. The summed E-state index contributed by atoms with van der Waals surface area (Å²) in [6, 6.07) is 0. The molecular formula is C11H22. The van der Waals surface area contributed by atoms with Crippen LogP contribution in [0, 0.1) is 5.92 Å². The van der Waals surface area contributed by atoms with E-state index in [2.05, 4.69) is 33.8 Å². The van der Waals surface area contributed by atoms with Crippen LogP contribution in [0.1, 0.15) is 53.4 Å². The van der Waals surface area contributed by atoms with E-state index in [1.165, 1.54) is 25.7 Å². The van der Waals surface area contributed by atoms with Crippen molar-refractivity contribution in [3.8, 4) is 0 Å². The molecule has 0 heterocycles. The zero-order valence-corrected chi connectivity index (χ0v) is 8.48. The van der Waals surface area contributed by atoms with E-state index >= 15 is 0 Å². The largest absolute Gasteiger partial charge is 0.0825 e. The van der Waals surface area contributed by atoms with Crippen molar-refractivity contribution in [3.05, 3.63) is 11.6 Å². The molecule has 1 atom stereocenters. The van der Waals surface area contributed by atoms with Gasteiger partial charge in [-0.15, -0.1) is 0 Å². The Morgan fingerprint density at radius 2 is 1.91 bits per heavy atom. The Labute approximate surface area is 71.7 Å². The molecule has 0 radical (unpaired) electrons. The van der Waals surface area contributed by atoms with Crippen LogP contribution in [-0.4, -0.2) is 0 Å². The van der Waals surface area contributed by atoms with Crippen LogP contribution in [0.25, 0.3) is 0 Å². The van der Waals surface area contributed by atoms with Gasteiger partial charge in [0.15, 0.2) is 0 Å². The van der Waals surface area contributed by atoms with Gasteiger partial charge in [-0.25, -0.2) is 0 Å². The van der Waals surface area contributed by atoms with Crippen LogP contribution in [0.4, 0.5) is 0 Å². The second-order valence-electron chi connectivity index (χ2n) is 3.32. The summed E-state index contributed by atoms with van der Waals surface area (Å²) in [4.78, 5) is 0. The molecule has 66 valence electrons. The Hall–Kier alpha value is -0.260. The first-order chi connectivity index (χ1) is 5.24. The van der Waals surface area contributed by atoms with Gasteiger partial charge in [0.2, 0.25) is 0 Å². The maximum absolute atomic E-state index is 2.45. The number of hydrogen-bond donors (Lipinski definition) is 0. The van der Waals surface area contributed by atoms with Crippen molar-refractivity contribution in [1.29, 1.82) is 0 Å². The number of rotatable bonds is 5. The highest BCUT2D eigenvalue weighted by atomic mass is 14.1. The maximum atomic E-state index is 2.45. The molecule has 0 aliphatic rings. The second kappa shape index (κ2) is 6.45. The molecule has 0 rings (SSSR count). The van der Waals surface area contributed by atoms with E-state index in [1.54, 1.807) is 5.57 Å². The van der Waals surface area contributed by atoms with E-state index in [-0.39, 0.29) is 0 Å². The molecule has 0 aromatic carbocycles. The Balaban J connectivity index is 3.84. The molecule has 11 heavy (non-hydrogen) atoms. The van der Waals surface area contributed by atoms with E-state index in [0.29, 0.717) is 0 Å². The zero-order chi connectivity index (χ0) is 8.69. The number of allylic oxidation sites excluding steroid dienone is 2. The summed E-state index contributed by atoms with van der Waals surface area (Å²) in [6.45, 7) is 9.00. The lowest BCUT2D eigenvalue weighted by Gasteiger charge is -2.09. The Kier molecular flexibility index (Phi) is 6.30. The number of hydrogen-bond acceptors (Lipinski definition) is 0. The van der Waals surface area contributed by atoms with Crippen molar-refractivity contribution in [3.63, 3.8) is 0 Å². The third-order valence-corrected chi connectivity index (χ3v) is 2.26. The van der Waals surface area contributed by atoms with Crippen molar-refractivity contribution >= 4 is 0 Å². The molecule has 0 heteroatoms. The predicted octanol–water partition coefficient (Wildman–Crippen LogP) is 4.17. The molecule has 0 spiro atoms. The second-order valence-corrected chi connectivity index (χ2v) is 3.32. The third kappa shape index (κ3) is 5.06. The van der Waals surface area contributed by atoms with Gasteiger partial charge < -0.3 is 0 Å². The topological polar surface area (TPSA) is 0 Å². The average molecular weight is 154 g/mol. The first kappa shape index (κ1) is 10.7. The molecule has 0 N–H and O–H groups in total. The van der Waals surface area contributed by atoms with Gasteiger partial charge in [-0.05, 0) is 32.1 Å². The highest BCUT2D eigenvalue weighted by molar-refractivity contribution is 4.99. The quantitative estimate of drug-likeness (QED) is 0.521. The minimum atomic E-state index is 0.833. The van der Waals surface area contributed by atoms with Crippen molar-refractivity contribution in [1.82, 2.24) is 0 Å². The predicted molar refractivity (Wildman–Crippen MR) is 52.7 cm³/mol. The van der Waals surface area contributed by atoms with Crippen LogP contribution in [0.3, 0.4) is 0 Å². The first-order valence-corrected chi connectivity index (χ1v) is 4.91. The van der Waals surface area contributed by atoms with Crippen LogP contribution in [0.2, 0.25) is 0 Å². The fourth-order valence-electron chi connectivity index (χ4n) is 1.30. The molecule has 0 aromatic heterocycles. The molecule has 0 bridgehead atoms. The lowest BCUT2D eigenvalue weighted by atomic mass is 9.97. The van der Waals surface area contributed by atoms with Gasteiger partial charge in [0, 0.05) is 0 Å². The van der Waals surface area contributed by atoms with Gasteiger partial charge in [-0.3, -0.25) is 0 Å². The minimum Gasteiger partial charge on any atom is -0.0825 e. The smallest absolute Gasteiger partial charge is 0.0234 e. The Bertz CT molecular complexity index is 111. The lowest BCUT2D eigenvalue weighted by molar-refractivity contribution is 0.559. The molecule has 0 aromatic rings. The summed E-state index contributed by atoms with van der Waals surface area (Å²) in [6.07, 6.45) is 7.62. The van der Waals surface area contributed by atoms with E-state index < -0.39 is 0 Å². The van der Waals surface area contributed by atoms with Crippen LogP contribution in [0.5, 0.6) is 0 Å². The fourth-order valence-corrected chi connectivity index (χ4v) is 1.30. The summed E-state index contributed by atoms with van der Waals surface area (Å²) >= 11 is 0.